The Bertz CT molecular complexity index is 313. The largest absolute Gasteiger partial charge is 0.316 e. The van der Waals surface area contributed by atoms with E-state index in [1.807, 2.05) is 6.92 Å². The molecular formula is C14H23NOS. The number of unbranched alkanes of at least 4 members (excludes halogenated alkanes) is 1. The van der Waals surface area contributed by atoms with Crippen LogP contribution in [0.2, 0.25) is 0 Å². The number of benzene rings is 1. The molecular weight excluding hydrogens is 230 g/mol. The second kappa shape index (κ2) is 9.37. The van der Waals surface area contributed by atoms with Gasteiger partial charge in [-0.25, -0.2) is 0 Å². The van der Waals surface area contributed by atoms with Gasteiger partial charge >= 0.3 is 0 Å². The monoisotopic (exact) mass is 253 g/mol. The van der Waals surface area contributed by atoms with Crippen molar-refractivity contribution in [3.05, 3.63) is 35.9 Å². The van der Waals surface area contributed by atoms with Crippen LogP contribution in [0.5, 0.6) is 0 Å². The topological polar surface area (TPSA) is 29.1 Å². The Hall–Kier alpha value is -0.670. The van der Waals surface area contributed by atoms with Crippen LogP contribution >= 0.6 is 0 Å². The summed E-state index contributed by atoms with van der Waals surface area (Å²) in [5.74, 6) is 1.56. The van der Waals surface area contributed by atoms with E-state index in [1.54, 1.807) is 0 Å². The zero-order valence-corrected chi connectivity index (χ0v) is 11.5. The van der Waals surface area contributed by atoms with E-state index in [1.165, 1.54) is 18.4 Å². The van der Waals surface area contributed by atoms with E-state index < -0.39 is 10.8 Å². The maximum Gasteiger partial charge on any atom is 0.0359 e. The van der Waals surface area contributed by atoms with Crippen LogP contribution in [0, 0.1) is 0 Å². The SMILES string of the molecule is CCS(=O)CCNCCCCc1ccccc1. The Morgan fingerprint density at radius 3 is 2.59 bits per heavy atom. The molecule has 0 heterocycles. The second-order valence-electron chi connectivity index (χ2n) is 4.13. The minimum atomic E-state index is -0.626. The minimum absolute atomic E-state index is 0.626. The average Bonchev–Trinajstić information content (AvgIpc) is 2.38. The van der Waals surface area contributed by atoms with E-state index in [-0.39, 0.29) is 0 Å². The van der Waals surface area contributed by atoms with Crippen LogP contribution in [0.4, 0.5) is 0 Å². The summed E-state index contributed by atoms with van der Waals surface area (Å²) in [6.07, 6.45) is 3.56. The van der Waals surface area contributed by atoms with Gasteiger partial charge in [-0.3, -0.25) is 4.21 Å². The van der Waals surface area contributed by atoms with Gasteiger partial charge in [-0.15, -0.1) is 0 Å². The molecule has 0 radical (unpaired) electrons. The van der Waals surface area contributed by atoms with E-state index in [0.717, 1.165) is 31.0 Å². The zero-order chi connectivity index (χ0) is 12.3. The first-order valence-corrected chi connectivity index (χ1v) is 7.91. The van der Waals surface area contributed by atoms with Crippen LogP contribution in [0.3, 0.4) is 0 Å². The summed E-state index contributed by atoms with van der Waals surface area (Å²) in [7, 11) is -0.626. The predicted molar refractivity (Wildman–Crippen MR) is 75.8 cm³/mol. The number of nitrogens with one attached hydrogen (secondary N) is 1. The Balaban J connectivity index is 1.93. The van der Waals surface area contributed by atoms with Gasteiger partial charge in [0.15, 0.2) is 0 Å². The van der Waals surface area contributed by atoms with Crippen LogP contribution < -0.4 is 5.32 Å². The summed E-state index contributed by atoms with van der Waals surface area (Å²) in [5, 5.41) is 3.34. The normalized spacial score (nSPS) is 12.5. The van der Waals surface area contributed by atoms with Crippen LogP contribution in [-0.2, 0) is 17.2 Å². The Morgan fingerprint density at radius 2 is 1.88 bits per heavy atom. The van der Waals surface area contributed by atoms with Gasteiger partial charge in [0.05, 0.1) is 0 Å². The fourth-order valence-corrected chi connectivity index (χ4v) is 2.34. The summed E-state index contributed by atoms with van der Waals surface area (Å²) in [5.41, 5.74) is 1.42. The summed E-state index contributed by atoms with van der Waals surface area (Å²) in [6.45, 7) is 3.88. The van der Waals surface area contributed by atoms with Crippen molar-refractivity contribution in [1.82, 2.24) is 5.32 Å². The minimum Gasteiger partial charge on any atom is -0.316 e. The van der Waals surface area contributed by atoms with E-state index in [9.17, 15) is 4.21 Å². The van der Waals surface area contributed by atoms with E-state index >= 15 is 0 Å². The molecule has 0 aliphatic carbocycles. The van der Waals surface area contributed by atoms with Crippen molar-refractivity contribution in [1.29, 1.82) is 0 Å². The van der Waals surface area contributed by atoms with Gasteiger partial charge in [-0.05, 0) is 31.4 Å². The summed E-state index contributed by atoms with van der Waals surface area (Å²) in [4.78, 5) is 0. The predicted octanol–water partition coefficient (Wildman–Crippen LogP) is 2.37. The molecule has 0 amide bonds. The van der Waals surface area contributed by atoms with E-state index in [2.05, 4.69) is 35.6 Å². The molecule has 0 bridgehead atoms. The molecule has 96 valence electrons. The number of aryl methyl sites for hydroxylation is 1. The maximum absolute atomic E-state index is 11.2. The van der Waals surface area contributed by atoms with Crippen molar-refractivity contribution in [3.63, 3.8) is 0 Å². The second-order valence-corrected chi connectivity index (χ2v) is 5.99. The van der Waals surface area contributed by atoms with Gasteiger partial charge in [0.2, 0.25) is 0 Å². The van der Waals surface area contributed by atoms with Crippen molar-refractivity contribution < 1.29 is 4.21 Å². The third-order valence-corrected chi connectivity index (χ3v) is 4.04. The Morgan fingerprint density at radius 1 is 1.12 bits per heavy atom. The van der Waals surface area contributed by atoms with Crippen LogP contribution in [0.25, 0.3) is 0 Å². The summed E-state index contributed by atoms with van der Waals surface area (Å²) < 4.78 is 11.2. The molecule has 0 aromatic heterocycles. The molecule has 1 aromatic carbocycles. The lowest BCUT2D eigenvalue weighted by molar-refractivity contribution is 0.636. The molecule has 1 unspecified atom stereocenters. The van der Waals surface area contributed by atoms with E-state index in [4.69, 9.17) is 0 Å². The fraction of sp³-hybridized carbons (Fsp3) is 0.571. The molecule has 2 nitrogen and oxygen atoms in total. The molecule has 0 fully saturated rings. The highest BCUT2D eigenvalue weighted by Gasteiger charge is 1.95. The summed E-state index contributed by atoms with van der Waals surface area (Å²) in [6, 6.07) is 10.6. The molecule has 0 aliphatic heterocycles. The van der Waals surface area contributed by atoms with Gasteiger partial charge in [-0.1, -0.05) is 37.3 Å². The molecule has 0 saturated heterocycles. The fourth-order valence-electron chi connectivity index (χ4n) is 1.68. The first kappa shape index (κ1) is 14.4. The molecule has 0 spiro atoms. The Kier molecular flexibility index (Phi) is 7.93. The van der Waals surface area contributed by atoms with Crippen molar-refractivity contribution >= 4 is 10.8 Å². The third kappa shape index (κ3) is 7.29. The molecule has 1 atom stereocenters. The van der Waals surface area contributed by atoms with E-state index in [0.29, 0.717) is 0 Å². The Labute approximate surface area is 107 Å². The third-order valence-electron chi connectivity index (χ3n) is 2.74. The smallest absolute Gasteiger partial charge is 0.0359 e. The van der Waals surface area contributed by atoms with Crippen LogP contribution in [0.15, 0.2) is 30.3 Å². The first-order chi connectivity index (χ1) is 8.33. The average molecular weight is 253 g/mol. The number of hydrogen-bond acceptors (Lipinski definition) is 2. The number of rotatable bonds is 9. The maximum atomic E-state index is 11.2. The van der Waals surface area contributed by atoms with Gasteiger partial charge in [0.1, 0.15) is 0 Å². The molecule has 1 N–H and O–H groups in total. The molecule has 17 heavy (non-hydrogen) atoms. The lowest BCUT2D eigenvalue weighted by Gasteiger charge is -2.04. The van der Waals surface area contributed by atoms with Crippen molar-refractivity contribution in [2.24, 2.45) is 0 Å². The molecule has 0 saturated carbocycles. The van der Waals surface area contributed by atoms with Gasteiger partial charge in [-0.2, -0.15) is 0 Å². The molecule has 1 rings (SSSR count). The van der Waals surface area contributed by atoms with Crippen LogP contribution in [0.1, 0.15) is 25.3 Å². The first-order valence-electron chi connectivity index (χ1n) is 6.42. The van der Waals surface area contributed by atoms with Gasteiger partial charge in [0, 0.05) is 28.9 Å². The molecule has 0 aliphatic rings. The molecule has 3 heteroatoms. The van der Waals surface area contributed by atoms with Crippen molar-refractivity contribution in [2.45, 2.75) is 26.2 Å². The van der Waals surface area contributed by atoms with Gasteiger partial charge in [0.25, 0.3) is 0 Å². The molecule has 1 aromatic rings. The lowest BCUT2D eigenvalue weighted by Crippen LogP contribution is -2.22. The zero-order valence-electron chi connectivity index (χ0n) is 10.7. The van der Waals surface area contributed by atoms with Gasteiger partial charge < -0.3 is 5.32 Å². The van der Waals surface area contributed by atoms with Crippen molar-refractivity contribution in [3.8, 4) is 0 Å². The van der Waals surface area contributed by atoms with Crippen LogP contribution in [-0.4, -0.2) is 28.8 Å². The highest BCUT2D eigenvalue weighted by molar-refractivity contribution is 7.84. The quantitative estimate of drug-likeness (QED) is 0.685. The highest BCUT2D eigenvalue weighted by Crippen LogP contribution is 2.03. The lowest BCUT2D eigenvalue weighted by atomic mass is 10.1. The summed E-state index contributed by atoms with van der Waals surface area (Å²) >= 11 is 0. The van der Waals surface area contributed by atoms with Crippen molar-refractivity contribution in [2.75, 3.05) is 24.6 Å². The standard InChI is InChI=1S/C14H23NOS/c1-2-17(16)13-12-15-11-7-6-10-14-8-4-3-5-9-14/h3-5,8-9,15H,2,6-7,10-13H2,1H3. The number of hydrogen-bond donors (Lipinski definition) is 1. The highest BCUT2D eigenvalue weighted by atomic mass is 32.2.